The topological polar surface area (TPSA) is 93.7 Å². The maximum atomic E-state index is 14.4. The first-order valence-electron chi connectivity index (χ1n) is 10.3. The standard InChI is InChI=1S/C22H24F2N6O3/c1-31-16-9-17(32-2)22(24)15(21(16)23)13-33-20-12-26-18(11-28-20)29-14-3-4-19(27-10-14)30-7-5-25-6-8-30/h3-4,9-12,25H,5-8,13H2,1-2H3,(H,26,29). The highest BCUT2D eigenvalue weighted by Gasteiger charge is 2.20. The summed E-state index contributed by atoms with van der Waals surface area (Å²) in [4.78, 5) is 15.1. The summed E-state index contributed by atoms with van der Waals surface area (Å²) in [5, 5.41) is 6.42. The highest BCUT2D eigenvalue weighted by atomic mass is 19.1. The lowest BCUT2D eigenvalue weighted by atomic mass is 10.1. The maximum Gasteiger partial charge on any atom is 0.232 e. The Morgan fingerprint density at radius 3 is 2.27 bits per heavy atom. The van der Waals surface area contributed by atoms with E-state index >= 15 is 0 Å². The van der Waals surface area contributed by atoms with Gasteiger partial charge in [-0.25, -0.2) is 23.7 Å². The molecule has 3 heterocycles. The van der Waals surface area contributed by atoms with E-state index in [4.69, 9.17) is 14.2 Å². The number of nitrogens with one attached hydrogen (secondary N) is 2. The van der Waals surface area contributed by atoms with Crippen molar-refractivity contribution in [2.24, 2.45) is 0 Å². The quantitative estimate of drug-likeness (QED) is 0.528. The third kappa shape index (κ3) is 5.20. The molecule has 0 saturated carbocycles. The van der Waals surface area contributed by atoms with Gasteiger partial charge in [0.05, 0.1) is 44.1 Å². The van der Waals surface area contributed by atoms with Gasteiger partial charge >= 0.3 is 0 Å². The molecule has 0 radical (unpaired) electrons. The molecule has 174 valence electrons. The summed E-state index contributed by atoms with van der Waals surface area (Å²) in [5.74, 6) is -0.515. The number of benzene rings is 1. The van der Waals surface area contributed by atoms with Crippen molar-refractivity contribution in [2.75, 3.05) is 50.6 Å². The number of halogens is 2. The Morgan fingerprint density at radius 2 is 1.70 bits per heavy atom. The van der Waals surface area contributed by atoms with E-state index in [1.54, 1.807) is 6.20 Å². The number of pyridine rings is 1. The van der Waals surface area contributed by atoms with Gasteiger partial charge in [0.15, 0.2) is 23.1 Å². The van der Waals surface area contributed by atoms with Crippen LogP contribution in [0.25, 0.3) is 0 Å². The van der Waals surface area contributed by atoms with E-state index in [9.17, 15) is 8.78 Å². The predicted molar refractivity (Wildman–Crippen MR) is 118 cm³/mol. The van der Waals surface area contributed by atoms with Crippen molar-refractivity contribution >= 4 is 17.3 Å². The number of aromatic nitrogens is 3. The zero-order valence-corrected chi connectivity index (χ0v) is 18.3. The number of nitrogens with zero attached hydrogens (tertiary/aromatic N) is 4. The number of methoxy groups -OCH3 is 2. The average molecular weight is 458 g/mol. The van der Waals surface area contributed by atoms with Gasteiger partial charge in [-0.05, 0) is 12.1 Å². The van der Waals surface area contributed by atoms with Crippen molar-refractivity contribution in [3.8, 4) is 17.4 Å². The molecule has 2 aromatic heterocycles. The first kappa shape index (κ1) is 22.5. The highest BCUT2D eigenvalue weighted by Crippen LogP contribution is 2.31. The van der Waals surface area contributed by atoms with Crippen LogP contribution in [0.15, 0.2) is 36.8 Å². The summed E-state index contributed by atoms with van der Waals surface area (Å²) in [6.07, 6.45) is 4.54. The van der Waals surface area contributed by atoms with Gasteiger partial charge in [-0.2, -0.15) is 0 Å². The number of piperazine rings is 1. The van der Waals surface area contributed by atoms with E-state index in [0.29, 0.717) is 5.82 Å². The number of anilines is 3. The Morgan fingerprint density at radius 1 is 0.970 bits per heavy atom. The summed E-state index contributed by atoms with van der Waals surface area (Å²) in [6.45, 7) is 3.31. The van der Waals surface area contributed by atoms with Crippen LogP contribution in [0.3, 0.4) is 0 Å². The highest BCUT2D eigenvalue weighted by molar-refractivity contribution is 5.56. The number of ether oxygens (including phenoxy) is 3. The summed E-state index contributed by atoms with van der Waals surface area (Å²) >= 11 is 0. The van der Waals surface area contributed by atoms with Gasteiger partial charge in [-0.1, -0.05) is 0 Å². The van der Waals surface area contributed by atoms with Crippen molar-refractivity contribution < 1.29 is 23.0 Å². The monoisotopic (exact) mass is 458 g/mol. The lowest BCUT2D eigenvalue weighted by molar-refractivity contribution is 0.271. The fraction of sp³-hybridized carbons (Fsp3) is 0.318. The molecule has 0 amide bonds. The molecule has 1 saturated heterocycles. The lowest BCUT2D eigenvalue weighted by Gasteiger charge is -2.28. The maximum absolute atomic E-state index is 14.4. The van der Waals surface area contributed by atoms with Gasteiger partial charge < -0.3 is 29.7 Å². The first-order chi connectivity index (χ1) is 16.1. The molecule has 33 heavy (non-hydrogen) atoms. The summed E-state index contributed by atoms with van der Waals surface area (Å²) < 4.78 is 44.2. The fourth-order valence-electron chi connectivity index (χ4n) is 3.35. The zero-order valence-electron chi connectivity index (χ0n) is 18.3. The molecule has 0 bridgehead atoms. The SMILES string of the molecule is COc1cc(OC)c(F)c(COc2cnc(Nc3ccc(N4CCNCC4)nc3)cn2)c1F. The van der Waals surface area contributed by atoms with E-state index in [0.717, 1.165) is 43.8 Å². The third-order valence-electron chi connectivity index (χ3n) is 5.12. The molecule has 0 aliphatic carbocycles. The van der Waals surface area contributed by atoms with Crippen LogP contribution in [0.1, 0.15) is 5.56 Å². The molecule has 1 aliphatic rings. The minimum atomic E-state index is -0.862. The second kappa shape index (κ2) is 10.3. The van der Waals surface area contributed by atoms with Crippen LogP contribution in [0, 0.1) is 11.6 Å². The molecule has 3 aromatic rings. The molecular formula is C22H24F2N6O3. The van der Waals surface area contributed by atoms with Crippen LogP contribution < -0.4 is 29.7 Å². The molecule has 2 N–H and O–H groups in total. The summed E-state index contributed by atoms with van der Waals surface area (Å²) in [5.41, 5.74) is 0.426. The van der Waals surface area contributed by atoms with Gasteiger partial charge in [-0.3, -0.25) is 0 Å². The third-order valence-corrected chi connectivity index (χ3v) is 5.12. The van der Waals surface area contributed by atoms with Crippen LogP contribution in [0.5, 0.6) is 17.4 Å². The Bertz CT molecular complexity index is 1050. The minimum absolute atomic E-state index is 0.105. The van der Waals surface area contributed by atoms with Crippen LogP contribution in [-0.2, 0) is 6.61 Å². The van der Waals surface area contributed by atoms with Crippen molar-refractivity contribution in [1.82, 2.24) is 20.3 Å². The van der Waals surface area contributed by atoms with E-state index in [2.05, 4.69) is 30.5 Å². The molecule has 1 fully saturated rings. The van der Waals surface area contributed by atoms with Crippen LogP contribution in [0.4, 0.5) is 26.1 Å². The Balaban J connectivity index is 1.38. The van der Waals surface area contributed by atoms with Crippen LogP contribution in [0.2, 0.25) is 0 Å². The zero-order chi connectivity index (χ0) is 23.2. The fourth-order valence-corrected chi connectivity index (χ4v) is 3.35. The van der Waals surface area contributed by atoms with E-state index in [1.807, 2.05) is 12.1 Å². The molecule has 1 aromatic carbocycles. The Labute approximate surface area is 189 Å². The second-order valence-corrected chi connectivity index (χ2v) is 7.18. The molecule has 9 nitrogen and oxygen atoms in total. The molecule has 11 heteroatoms. The number of rotatable bonds is 8. The lowest BCUT2D eigenvalue weighted by Crippen LogP contribution is -2.43. The van der Waals surface area contributed by atoms with Crippen molar-refractivity contribution in [2.45, 2.75) is 6.61 Å². The molecular weight excluding hydrogens is 434 g/mol. The normalized spacial score (nSPS) is 13.5. The van der Waals surface area contributed by atoms with Gasteiger partial charge in [0, 0.05) is 32.2 Å². The summed E-state index contributed by atoms with van der Waals surface area (Å²) in [6, 6.07) is 5.00. The average Bonchev–Trinajstić information content (AvgIpc) is 2.86. The molecule has 1 aliphatic heterocycles. The predicted octanol–water partition coefficient (Wildman–Crippen LogP) is 2.90. The number of hydrogen-bond donors (Lipinski definition) is 2. The van der Waals surface area contributed by atoms with Crippen molar-refractivity contribution in [1.29, 1.82) is 0 Å². The van der Waals surface area contributed by atoms with Gasteiger partial charge in [0.1, 0.15) is 18.2 Å². The molecule has 4 rings (SSSR count). The van der Waals surface area contributed by atoms with Gasteiger partial charge in [0.25, 0.3) is 0 Å². The second-order valence-electron chi connectivity index (χ2n) is 7.18. The molecule has 0 spiro atoms. The van der Waals surface area contributed by atoms with Crippen molar-refractivity contribution in [3.05, 3.63) is 54.0 Å². The summed E-state index contributed by atoms with van der Waals surface area (Å²) in [7, 11) is 2.57. The van der Waals surface area contributed by atoms with E-state index in [1.165, 1.54) is 26.6 Å². The Kier molecular flexibility index (Phi) is 6.98. The smallest absolute Gasteiger partial charge is 0.232 e. The van der Waals surface area contributed by atoms with E-state index < -0.39 is 18.2 Å². The van der Waals surface area contributed by atoms with Gasteiger partial charge in [0.2, 0.25) is 5.88 Å². The van der Waals surface area contributed by atoms with Crippen LogP contribution >= 0.6 is 0 Å². The van der Waals surface area contributed by atoms with Crippen molar-refractivity contribution in [3.63, 3.8) is 0 Å². The minimum Gasteiger partial charge on any atom is -0.494 e. The Hall–Kier alpha value is -3.73. The van der Waals surface area contributed by atoms with Gasteiger partial charge in [-0.15, -0.1) is 0 Å². The largest absolute Gasteiger partial charge is 0.494 e. The first-order valence-corrected chi connectivity index (χ1v) is 10.3. The van der Waals surface area contributed by atoms with Crippen LogP contribution in [-0.4, -0.2) is 55.4 Å². The molecule has 0 unspecified atom stereocenters. The number of hydrogen-bond acceptors (Lipinski definition) is 9. The molecule has 0 atom stereocenters. The van der Waals surface area contributed by atoms with E-state index in [-0.39, 0.29) is 22.9 Å².